The van der Waals surface area contributed by atoms with E-state index >= 15 is 0 Å². The van der Waals surface area contributed by atoms with Crippen LogP contribution in [0, 0.1) is 11.8 Å². The van der Waals surface area contributed by atoms with Crippen LogP contribution in [0.1, 0.15) is 77.7 Å². The molecular formula is C29H41N3O6. The van der Waals surface area contributed by atoms with Gasteiger partial charge in [0.1, 0.15) is 30.3 Å². The Kier molecular flexibility index (Phi) is 8.95. The Balaban J connectivity index is 1.41. The van der Waals surface area contributed by atoms with E-state index in [0.29, 0.717) is 19.4 Å². The van der Waals surface area contributed by atoms with Gasteiger partial charge in [0.2, 0.25) is 11.8 Å². The lowest BCUT2D eigenvalue weighted by atomic mass is 9.96. The van der Waals surface area contributed by atoms with Crippen LogP contribution in [0.4, 0.5) is 4.79 Å². The van der Waals surface area contributed by atoms with E-state index in [2.05, 4.69) is 10.6 Å². The predicted molar refractivity (Wildman–Crippen MR) is 141 cm³/mol. The van der Waals surface area contributed by atoms with Gasteiger partial charge in [0.15, 0.2) is 0 Å². The molecule has 1 aromatic rings. The van der Waals surface area contributed by atoms with Gasteiger partial charge in [-0.2, -0.15) is 0 Å². The third kappa shape index (κ3) is 7.48. The minimum atomic E-state index is -0.769. The molecule has 1 unspecified atom stereocenters. The summed E-state index contributed by atoms with van der Waals surface area (Å²) >= 11 is 0. The van der Waals surface area contributed by atoms with Gasteiger partial charge in [-0.05, 0) is 76.7 Å². The van der Waals surface area contributed by atoms with E-state index in [4.69, 9.17) is 9.47 Å². The molecule has 1 aliphatic heterocycles. The second-order valence-corrected chi connectivity index (χ2v) is 11.8. The van der Waals surface area contributed by atoms with Crippen LogP contribution in [0.25, 0.3) is 0 Å². The lowest BCUT2D eigenvalue weighted by molar-refractivity contribution is -0.150. The van der Waals surface area contributed by atoms with Crippen LogP contribution in [0.5, 0.6) is 0 Å². The molecule has 0 spiro atoms. The molecule has 0 aromatic heterocycles. The van der Waals surface area contributed by atoms with Crippen LogP contribution in [-0.4, -0.2) is 59.0 Å². The molecule has 1 aromatic carbocycles. The molecule has 1 heterocycles. The molecule has 0 bridgehead atoms. The number of nitrogens with zero attached hydrogens (tertiary/aromatic N) is 1. The standard InChI is InChI=1S/C29H41N3O6/c1-29(2,3)38-28(36)32-17-9-14-22(32)25(33)30-23(20-12-7-8-13-20)26(34)31-24(21-15-16-21)27(35)37-18-19-10-5-4-6-11-19/h4-6,10-11,20-24H,7-9,12-18H2,1-3H3,(H,30,33)(H,31,34)/t22-,23+,24?/m0/s1. The number of amides is 3. The number of hydrogen-bond acceptors (Lipinski definition) is 6. The fourth-order valence-electron chi connectivity index (χ4n) is 5.38. The fraction of sp³-hybridized carbons (Fsp3) is 0.655. The topological polar surface area (TPSA) is 114 Å². The molecular weight excluding hydrogens is 486 g/mol. The molecule has 2 N–H and O–H groups in total. The Morgan fingerprint density at radius 1 is 0.895 bits per heavy atom. The first-order valence-electron chi connectivity index (χ1n) is 13.9. The van der Waals surface area contributed by atoms with Crippen molar-refractivity contribution in [3.8, 4) is 0 Å². The number of carbonyl (C=O) groups excluding carboxylic acids is 4. The largest absolute Gasteiger partial charge is 0.459 e. The van der Waals surface area contributed by atoms with Crippen molar-refractivity contribution in [3.63, 3.8) is 0 Å². The molecule has 208 valence electrons. The minimum absolute atomic E-state index is 0.0180. The second-order valence-electron chi connectivity index (χ2n) is 11.8. The molecule has 2 saturated carbocycles. The average Bonchev–Trinajstić information content (AvgIpc) is 3.34. The number of ether oxygens (including phenoxy) is 2. The van der Waals surface area contributed by atoms with E-state index in [1.807, 2.05) is 30.3 Å². The molecule has 3 amide bonds. The Bertz CT molecular complexity index is 997. The summed E-state index contributed by atoms with van der Waals surface area (Å²) < 4.78 is 11.0. The summed E-state index contributed by atoms with van der Waals surface area (Å²) in [4.78, 5) is 54.1. The SMILES string of the molecule is CC(C)(C)OC(=O)N1CCC[C@H]1C(=O)N[C@@H](C(=O)NC(C(=O)OCc1ccccc1)C1CC1)C1CCCC1. The Morgan fingerprint density at radius 3 is 2.18 bits per heavy atom. The van der Waals surface area contributed by atoms with Crippen molar-refractivity contribution in [1.29, 1.82) is 0 Å². The maximum Gasteiger partial charge on any atom is 0.410 e. The highest BCUT2D eigenvalue weighted by molar-refractivity contribution is 5.93. The van der Waals surface area contributed by atoms with Crippen LogP contribution in [-0.2, 0) is 30.5 Å². The number of likely N-dealkylation sites (tertiary alicyclic amines) is 1. The lowest BCUT2D eigenvalue weighted by Gasteiger charge is -2.31. The third-order valence-corrected chi connectivity index (χ3v) is 7.50. The third-order valence-electron chi connectivity index (χ3n) is 7.50. The summed E-state index contributed by atoms with van der Waals surface area (Å²) in [6, 6.07) is 7.23. The second kappa shape index (κ2) is 12.2. The van der Waals surface area contributed by atoms with Gasteiger partial charge < -0.3 is 20.1 Å². The number of carbonyl (C=O) groups is 4. The van der Waals surface area contributed by atoms with Crippen molar-refractivity contribution >= 4 is 23.9 Å². The molecule has 9 heteroatoms. The van der Waals surface area contributed by atoms with Crippen LogP contribution in [0.3, 0.4) is 0 Å². The molecule has 0 radical (unpaired) electrons. The predicted octanol–water partition coefficient (Wildman–Crippen LogP) is 3.70. The zero-order chi connectivity index (χ0) is 27.3. The van der Waals surface area contributed by atoms with E-state index < -0.39 is 35.8 Å². The summed E-state index contributed by atoms with van der Waals surface area (Å²) in [6.45, 7) is 5.95. The fourth-order valence-corrected chi connectivity index (χ4v) is 5.38. The normalized spacial score (nSPS) is 21.4. The van der Waals surface area contributed by atoms with Crippen molar-refractivity contribution in [2.75, 3.05) is 6.54 Å². The summed E-state index contributed by atoms with van der Waals surface area (Å²) in [5.41, 5.74) is 0.212. The van der Waals surface area contributed by atoms with Crippen LogP contribution < -0.4 is 10.6 Å². The van der Waals surface area contributed by atoms with Gasteiger partial charge in [0.05, 0.1) is 0 Å². The minimum Gasteiger partial charge on any atom is -0.459 e. The number of benzene rings is 1. The first-order chi connectivity index (χ1) is 18.1. The first-order valence-corrected chi connectivity index (χ1v) is 13.9. The Labute approximate surface area is 225 Å². The summed E-state index contributed by atoms with van der Waals surface area (Å²) in [5.74, 6) is -1.14. The van der Waals surface area contributed by atoms with Crippen LogP contribution in [0.15, 0.2) is 30.3 Å². The maximum absolute atomic E-state index is 13.6. The van der Waals surface area contributed by atoms with E-state index in [1.54, 1.807) is 20.8 Å². The highest BCUT2D eigenvalue weighted by Gasteiger charge is 2.43. The zero-order valence-electron chi connectivity index (χ0n) is 22.7. The van der Waals surface area contributed by atoms with Gasteiger partial charge in [0, 0.05) is 6.54 Å². The van der Waals surface area contributed by atoms with Crippen molar-refractivity contribution in [1.82, 2.24) is 15.5 Å². The number of hydrogen-bond donors (Lipinski definition) is 2. The smallest absolute Gasteiger partial charge is 0.410 e. The van der Waals surface area contributed by atoms with Crippen LogP contribution >= 0.6 is 0 Å². The van der Waals surface area contributed by atoms with Crippen LogP contribution in [0.2, 0.25) is 0 Å². The van der Waals surface area contributed by atoms with Gasteiger partial charge >= 0.3 is 12.1 Å². The van der Waals surface area contributed by atoms with E-state index in [0.717, 1.165) is 44.1 Å². The van der Waals surface area contributed by atoms with E-state index in [9.17, 15) is 19.2 Å². The van der Waals surface area contributed by atoms with Gasteiger partial charge in [-0.3, -0.25) is 14.5 Å². The average molecular weight is 528 g/mol. The van der Waals surface area contributed by atoms with Gasteiger partial charge in [-0.1, -0.05) is 43.2 Å². The molecule has 3 atom stereocenters. The maximum atomic E-state index is 13.6. The Morgan fingerprint density at radius 2 is 1.55 bits per heavy atom. The van der Waals surface area contributed by atoms with Gasteiger partial charge in [-0.25, -0.2) is 9.59 Å². The van der Waals surface area contributed by atoms with Crippen molar-refractivity contribution in [3.05, 3.63) is 35.9 Å². The number of esters is 1. The molecule has 38 heavy (non-hydrogen) atoms. The van der Waals surface area contributed by atoms with Crippen molar-refractivity contribution in [2.24, 2.45) is 11.8 Å². The molecule has 2 aliphatic carbocycles. The first kappa shape index (κ1) is 27.9. The number of rotatable bonds is 9. The van der Waals surface area contributed by atoms with Gasteiger partial charge in [-0.15, -0.1) is 0 Å². The molecule has 3 fully saturated rings. The number of nitrogens with one attached hydrogen (secondary N) is 2. The van der Waals surface area contributed by atoms with Crippen molar-refractivity contribution < 1.29 is 28.7 Å². The molecule has 1 saturated heterocycles. The van der Waals surface area contributed by atoms with E-state index in [1.165, 1.54) is 4.90 Å². The molecule has 9 nitrogen and oxygen atoms in total. The molecule has 3 aliphatic rings. The summed E-state index contributed by atoms with van der Waals surface area (Å²) in [5, 5.41) is 5.88. The zero-order valence-corrected chi connectivity index (χ0v) is 22.7. The summed E-state index contributed by atoms with van der Waals surface area (Å²) in [6.07, 6.45) is 6.00. The Hall–Kier alpha value is -3.10. The van der Waals surface area contributed by atoms with Crippen molar-refractivity contribution in [2.45, 2.75) is 102 Å². The van der Waals surface area contributed by atoms with E-state index in [-0.39, 0.29) is 30.3 Å². The van der Waals surface area contributed by atoms with Gasteiger partial charge in [0.25, 0.3) is 0 Å². The molecule has 4 rings (SSSR count). The lowest BCUT2D eigenvalue weighted by Crippen LogP contribution is -2.58. The highest BCUT2D eigenvalue weighted by atomic mass is 16.6. The quantitative estimate of drug-likeness (QED) is 0.474. The highest BCUT2D eigenvalue weighted by Crippen LogP contribution is 2.34. The monoisotopic (exact) mass is 527 g/mol. The summed E-state index contributed by atoms with van der Waals surface area (Å²) in [7, 11) is 0.